The lowest BCUT2D eigenvalue weighted by Crippen LogP contribution is -2.45. The van der Waals surface area contributed by atoms with Crippen LogP contribution in [0.25, 0.3) is 28.3 Å². The molecular formula is C25H25FN5O4+. The number of halogens is 1. The molecule has 0 saturated carbocycles. The molecule has 3 N–H and O–H groups in total. The fourth-order valence-electron chi connectivity index (χ4n) is 3.86. The highest BCUT2D eigenvalue weighted by atomic mass is 19.1. The Morgan fingerprint density at radius 2 is 1.77 bits per heavy atom. The maximum absolute atomic E-state index is 13.7. The van der Waals surface area contributed by atoms with Crippen LogP contribution in [0.1, 0.15) is 19.3 Å². The SMILES string of the molecule is O=C(O)C[C@@H](O)C[C@@H](O)CC[n+]1c(-c2ccc(F)cc2)c(-c2ccncn2)nn1-c1ccccc1. The topological polar surface area (TPSA) is 125 Å². The van der Waals surface area contributed by atoms with Crippen molar-refractivity contribution in [2.75, 3.05) is 0 Å². The van der Waals surface area contributed by atoms with Gasteiger partial charge >= 0.3 is 5.97 Å². The Bertz CT molecular complexity index is 1270. The fourth-order valence-corrected chi connectivity index (χ4v) is 3.86. The molecule has 9 nitrogen and oxygen atoms in total. The number of carbonyl (C=O) groups is 1. The van der Waals surface area contributed by atoms with E-state index in [1.165, 1.54) is 18.5 Å². The lowest BCUT2D eigenvalue weighted by Gasteiger charge is -2.14. The van der Waals surface area contributed by atoms with Crippen LogP contribution >= 0.6 is 0 Å². The summed E-state index contributed by atoms with van der Waals surface area (Å²) in [6, 6.07) is 17.2. The summed E-state index contributed by atoms with van der Waals surface area (Å²) in [5.41, 5.74) is 3.23. The van der Waals surface area contributed by atoms with Crippen LogP contribution in [0.3, 0.4) is 0 Å². The van der Waals surface area contributed by atoms with Crippen molar-refractivity contribution in [3.63, 3.8) is 0 Å². The summed E-state index contributed by atoms with van der Waals surface area (Å²) in [6.07, 6.45) is 0.637. The van der Waals surface area contributed by atoms with E-state index in [1.807, 2.05) is 35.0 Å². The van der Waals surface area contributed by atoms with E-state index in [9.17, 15) is 19.4 Å². The second-order valence-electron chi connectivity index (χ2n) is 8.08. The fraction of sp³-hybridized carbons (Fsp3) is 0.240. The molecule has 0 saturated heterocycles. The summed E-state index contributed by atoms with van der Waals surface area (Å²) < 4.78 is 15.6. The zero-order valence-corrected chi connectivity index (χ0v) is 18.8. The van der Waals surface area contributed by atoms with Gasteiger partial charge in [-0.05, 0) is 53.7 Å². The highest BCUT2D eigenvalue weighted by molar-refractivity contribution is 5.73. The molecule has 0 spiro atoms. The summed E-state index contributed by atoms with van der Waals surface area (Å²) >= 11 is 0. The van der Waals surface area contributed by atoms with E-state index >= 15 is 0 Å². The zero-order valence-electron chi connectivity index (χ0n) is 18.8. The average molecular weight is 479 g/mol. The van der Waals surface area contributed by atoms with Gasteiger partial charge in [-0.3, -0.25) is 4.79 Å². The Morgan fingerprint density at radius 1 is 1.03 bits per heavy atom. The Labute approximate surface area is 200 Å². The normalized spacial score (nSPS) is 12.9. The highest BCUT2D eigenvalue weighted by Gasteiger charge is 2.31. The second kappa shape index (κ2) is 10.9. The van der Waals surface area contributed by atoms with Crippen molar-refractivity contribution in [1.29, 1.82) is 0 Å². The number of aliphatic hydroxyl groups excluding tert-OH is 2. The van der Waals surface area contributed by atoms with Gasteiger partial charge in [-0.15, -0.1) is 4.68 Å². The molecule has 4 aromatic rings. The van der Waals surface area contributed by atoms with E-state index in [1.54, 1.807) is 29.2 Å². The Balaban J connectivity index is 1.78. The molecule has 0 bridgehead atoms. The van der Waals surface area contributed by atoms with Crippen LogP contribution < -0.4 is 4.68 Å². The van der Waals surface area contributed by atoms with Gasteiger partial charge in [0, 0.05) is 18.2 Å². The minimum absolute atomic E-state index is 0.0724. The number of hydrogen-bond acceptors (Lipinski definition) is 6. The minimum Gasteiger partial charge on any atom is -0.481 e. The van der Waals surface area contributed by atoms with Crippen molar-refractivity contribution in [3.8, 4) is 28.3 Å². The lowest BCUT2D eigenvalue weighted by atomic mass is 10.1. The lowest BCUT2D eigenvalue weighted by molar-refractivity contribution is -0.762. The third-order valence-corrected chi connectivity index (χ3v) is 5.46. The van der Waals surface area contributed by atoms with Gasteiger partial charge in [0.05, 0.1) is 23.7 Å². The summed E-state index contributed by atoms with van der Waals surface area (Å²) in [7, 11) is 0. The van der Waals surface area contributed by atoms with E-state index in [4.69, 9.17) is 10.2 Å². The first-order valence-electron chi connectivity index (χ1n) is 11.1. The van der Waals surface area contributed by atoms with Gasteiger partial charge in [0.1, 0.15) is 30.1 Å². The van der Waals surface area contributed by atoms with Crippen molar-refractivity contribution in [2.24, 2.45) is 0 Å². The molecule has 0 aliphatic carbocycles. The van der Waals surface area contributed by atoms with Crippen LogP contribution in [0.2, 0.25) is 0 Å². The molecule has 0 aliphatic heterocycles. The summed E-state index contributed by atoms with van der Waals surface area (Å²) in [4.78, 5) is 20.9. The van der Waals surface area contributed by atoms with Crippen LogP contribution in [0.15, 0.2) is 73.2 Å². The van der Waals surface area contributed by atoms with E-state index in [0.717, 1.165) is 5.69 Å². The van der Waals surface area contributed by atoms with Crippen LogP contribution in [0, 0.1) is 5.82 Å². The maximum Gasteiger partial charge on any atom is 0.305 e. The number of carboxylic acid groups (broad SMARTS) is 1. The number of nitrogens with zero attached hydrogens (tertiary/aromatic N) is 5. The highest BCUT2D eigenvalue weighted by Crippen LogP contribution is 2.28. The number of aromatic nitrogens is 5. The van der Waals surface area contributed by atoms with Crippen molar-refractivity contribution < 1.29 is 29.2 Å². The molecule has 180 valence electrons. The molecular weight excluding hydrogens is 453 g/mol. The summed E-state index contributed by atoms with van der Waals surface area (Å²) in [5, 5.41) is 34.1. The largest absolute Gasteiger partial charge is 0.481 e. The van der Waals surface area contributed by atoms with Gasteiger partial charge in [-0.2, -0.15) is 0 Å². The smallest absolute Gasteiger partial charge is 0.305 e. The molecule has 0 fully saturated rings. The van der Waals surface area contributed by atoms with Gasteiger partial charge in [-0.1, -0.05) is 18.2 Å². The van der Waals surface area contributed by atoms with Crippen LogP contribution in [-0.4, -0.2) is 53.4 Å². The molecule has 4 rings (SSSR count). The molecule has 2 atom stereocenters. The molecule has 0 aliphatic rings. The number of para-hydroxylation sites is 1. The molecule has 2 heterocycles. The van der Waals surface area contributed by atoms with Gasteiger partial charge in [0.15, 0.2) is 0 Å². The Hall–Kier alpha value is -4.02. The van der Waals surface area contributed by atoms with Gasteiger partial charge < -0.3 is 15.3 Å². The van der Waals surface area contributed by atoms with Crippen LogP contribution in [-0.2, 0) is 11.3 Å². The number of hydrogen-bond donors (Lipinski definition) is 3. The molecule has 35 heavy (non-hydrogen) atoms. The summed E-state index contributed by atoms with van der Waals surface area (Å²) in [6.45, 7) is 0.278. The van der Waals surface area contributed by atoms with Gasteiger partial charge in [0.25, 0.3) is 5.69 Å². The van der Waals surface area contributed by atoms with Crippen molar-refractivity contribution in [3.05, 3.63) is 79.0 Å². The third-order valence-electron chi connectivity index (χ3n) is 5.46. The Morgan fingerprint density at radius 3 is 2.43 bits per heavy atom. The number of carboxylic acids is 1. The number of rotatable bonds is 10. The van der Waals surface area contributed by atoms with E-state index < -0.39 is 24.6 Å². The first-order chi connectivity index (χ1) is 16.9. The van der Waals surface area contributed by atoms with Gasteiger partial charge in [-0.25, -0.2) is 14.4 Å². The Kier molecular flexibility index (Phi) is 7.54. The molecule has 0 amide bonds. The first kappa shape index (κ1) is 24.1. The monoisotopic (exact) mass is 478 g/mol. The van der Waals surface area contributed by atoms with Crippen molar-refractivity contribution in [2.45, 2.75) is 38.0 Å². The maximum atomic E-state index is 13.7. The average Bonchev–Trinajstić information content (AvgIpc) is 3.23. The van der Waals surface area contributed by atoms with E-state index in [0.29, 0.717) is 22.6 Å². The van der Waals surface area contributed by atoms with Crippen molar-refractivity contribution >= 4 is 5.97 Å². The van der Waals surface area contributed by atoms with Gasteiger partial charge in [0.2, 0.25) is 5.69 Å². The molecule has 10 heteroatoms. The predicted octanol–water partition coefficient (Wildman–Crippen LogP) is 2.40. The van der Waals surface area contributed by atoms with Crippen LogP contribution in [0.5, 0.6) is 0 Å². The number of benzene rings is 2. The minimum atomic E-state index is -1.15. The van der Waals surface area contributed by atoms with Crippen molar-refractivity contribution in [1.82, 2.24) is 19.9 Å². The predicted molar refractivity (Wildman–Crippen MR) is 124 cm³/mol. The molecule has 2 aromatic heterocycles. The quantitative estimate of drug-likeness (QED) is 0.299. The number of aliphatic hydroxyl groups is 2. The second-order valence-corrected chi connectivity index (χ2v) is 8.08. The summed E-state index contributed by atoms with van der Waals surface area (Å²) in [5.74, 6) is -1.50. The zero-order chi connectivity index (χ0) is 24.8. The van der Waals surface area contributed by atoms with Crippen LogP contribution in [0.4, 0.5) is 4.39 Å². The standard InChI is InChI=1S/C25H24FN5O4/c26-18-8-6-17(7-9-18)25-24(22-10-12-27-16-28-22)29-31(19-4-2-1-3-5-19)30(25)13-11-20(32)14-21(33)15-23(34)35/h1-10,12,16,20-21,32-33H,11,13-15H2/p+1/t20-,21-/m0/s1. The van der Waals surface area contributed by atoms with E-state index in [2.05, 4.69) is 9.97 Å². The molecule has 2 aromatic carbocycles. The third kappa shape index (κ3) is 5.92. The molecule has 0 unspecified atom stereocenters. The van der Waals surface area contributed by atoms with E-state index in [-0.39, 0.29) is 25.2 Å². The molecule has 0 radical (unpaired) electrons. The first-order valence-corrected chi connectivity index (χ1v) is 11.1. The number of aliphatic carboxylic acids is 1.